The maximum absolute atomic E-state index is 5.60. The summed E-state index contributed by atoms with van der Waals surface area (Å²) in [6.07, 6.45) is 5.53. The molecule has 0 amide bonds. The summed E-state index contributed by atoms with van der Waals surface area (Å²) in [6.45, 7) is 4.29. The Morgan fingerprint density at radius 3 is 3.28 bits per heavy atom. The fourth-order valence-electron chi connectivity index (χ4n) is 2.08. The smallest absolute Gasteiger partial charge is 0.0809 e. The standard InChI is InChI=1S/C13H23N3O2/c1-16-12(5-7-15-16)10-14-6-3-8-17-11-13-4-2-9-18-13/h5,7,13-14H,2-4,6,8-11H2,1H3. The Morgan fingerprint density at radius 2 is 2.56 bits per heavy atom. The first-order valence-electron chi connectivity index (χ1n) is 6.73. The highest BCUT2D eigenvalue weighted by molar-refractivity contribution is 4.98. The Hall–Kier alpha value is -0.910. The third-order valence-corrected chi connectivity index (χ3v) is 3.20. The van der Waals surface area contributed by atoms with Crippen LogP contribution in [0.15, 0.2) is 12.3 Å². The van der Waals surface area contributed by atoms with Crippen LogP contribution in [0.1, 0.15) is 25.0 Å². The van der Waals surface area contributed by atoms with E-state index >= 15 is 0 Å². The van der Waals surface area contributed by atoms with Crippen molar-refractivity contribution in [2.45, 2.75) is 31.9 Å². The highest BCUT2D eigenvalue weighted by Gasteiger charge is 2.14. The van der Waals surface area contributed by atoms with Gasteiger partial charge in [0.25, 0.3) is 0 Å². The molecule has 0 spiro atoms. The lowest BCUT2D eigenvalue weighted by Gasteiger charge is -2.10. The highest BCUT2D eigenvalue weighted by atomic mass is 16.5. The van der Waals surface area contributed by atoms with Crippen LogP contribution in [0, 0.1) is 0 Å². The summed E-state index contributed by atoms with van der Waals surface area (Å²) in [5.74, 6) is 0. The van der Waals surface area contributed by atoms with Crippen molar-refractivity contribution in [2.24, 2.45) is 7.05 Å². The Labute approximate surface area is 108 Å². The van der Waals surface area contributed by atoms with Crippen molar-refractivity contribution in [1.29, 1.82) is 0 Å². The summed E-state index contributed by atoms with van der Waals surface area (Å²) >= 11 is 0. The lowest BCUT2D eigenvalue weighted by Crippen LogP contribution is -2.20. The largest absolute Gasteiger partial charge is 0.379 e. The summed E-state index contributed by atoms with van der Waals surface area (Å²) in [6, 6.07) is 2.03. The average molecular weight is 253 g/mol. The van der Waals surface area contributed by atoms with Gasteiger partial charge in [-0.1, -0.05) is 0 Å². The molecular weight excluding hydrogens is 230 g/mol. The molecule has 1 aliphatic rings. The van der Waals surface area contributed by atoms with Gasteiger partial charge in [-0.25, -0.2) is 0 Å². The van der Waals surface area contributed by atoms with Crippen molar-refractivity contribution in [3.63, 3.8) is 0 Å². The first kappa shape index (κ1) is 13.5. The molecule has 1 fully saturated rings. The summed E-state index contributed by atoms with van der Waals surface area (Å²) in [7, 11) is 1.96. The molecule has 0 aliphatic carbocycles. The molecule has 1 N–H and O–H groups in total. The molecule has 1 aromatic heterocycles. The van der Waals surface area contributed by atoms with E-state index in [1.165, 1.54) is 12.1 Å². The predicted octanol–water partition coefficient (Wildman–Crippen LogP) is 1.10. The molecule has 1 saturated heterocycles. The Morgan fingerprint density at radius 1 is 1.61 bits per heavy atom. The summed E-state index contributed by atoms with van der Waals surface area (Å²) in [4.78, 5) is 0. The molecule has 5 heteroatoms. The normalized spacial score (nSPS) is 19.5. The third kappa shape index (κ3) is 4.40. The van der Waals surface area contributed by atoms with Gasteiger partial charge in [-0.05, 0) is 31.9 Å². The quantitative estimate of drug-likeness (QED) is 0.705. The number of aryl methyl sites for hydroxylation is 1. The molecule has 1 aliphatic heterocycles. The zero-order chi connectivity index (χ0) is 12.6. The van der Waals surface area contributed by atoms with Crippen molar-refractivity contribution in [1.82, 2.24) is 15.1 Å². The van der Waals surface area contributed by atoms with E-state index < -0.39 is 0 Å². The Bertz CT molecular complexity index is 335. The van der Waals surface area contributed by atoms with Gasteiger partial charge < -0.3 is 14.8 Å². The molecule has 0 aromatic carbocycles. The molecule has 0 saturated carbocycles. The van der Waals surface area contributed by atoms with Crippen LogP contribution >= 0.6 is 0 Å². The number of aromatic nitrogens is 2. The minimum Gasteiger partial charge on any atom is -0.379 e. The van der Waals surface area contributed by atoms with Gasteiger partial charge in [-0.15, -0.1) is 0 Å². The summed E-state index contributed by atoms with van der Waals surface area (Å²) in [5, 5.41) is 7.51. The van der Waals surface area contributed by atoms with E-state index in [1.54, 1.807) is 0 Å². The minimum atomic E-state index is 0.340. The van der Waals surface area contributed by atoms with Gasteiger partial charge in [0.1, 0.15) is 0 Å². The molecule has 0 bridgehead atoms. The van der Waals surface area contributed by atoms with Gasteiger partial charge in [-0.3, -0.25) is 4.68 Å². The van der Waals surface area contributed by atoms with Crippen LogP contribution < -0.4 is 5.32 Å². The van der Waals surface area contributed by atoms with Gasteiger partial charge in [0, 0.05) is 33.0 Å². The average Bonchev–Trinajstić information content (AvgIpc) is 3.00. The van der Waals surface area contributed by atoms with E-state index in [-0.39, 0.29) is 0 Å². The van der Waals surface area contributed by atoms with Crippen LogP contribution in [0.4, 0.5) is 0 Å². The second-order valence-corrected chi connectivity index (χ2v) is 4.69. The van der Waals surface area contributed by atoms with Gasteiger partial charge in [0.2, 0.25) is 0 Å². The number of hydrogen-bond acceptors (Lipinski definition) is 4. The van der Waals surface area contributed by atoms with Crippen molar-refractivity contribution >= 4 is 0 Å². The molecule has 1 unspecified atom stereocenters. The molecule has 102 valence electrons. The zero-order valence-corrected chi connectivity index (χ0v) is 11.1. The molecule has 2 rings (SSSR count). The van der Waals surface area contributed by atoms with E-state index in [2.05, 4.69) is 10.4 Å². The van der Waals surface area contributed by atoms with Crippen molar-refractivity contribution < 1.29 is 9.47 Å². The molecule has 1 aromatic rings. The van der Waals surface area contributed by atoms with Gasteiger partial charge >= 0.3 is 0 Å². The number of rotatable bonds is 8. The number of hydrogen-bond donors (Lipinski definition) is 1. The number of nitrogens with zero attached hydrogens (tertiary/aromatic N) is 2. The number of nitrogens with one attached hydrogen (secondary N) is 1. The minimum absolute atomic E-state index is 0.340. The van der Waals surface area contributed by atoms with Crippen LogP contribution in [0.2, 0.25) is 0 Å². The SMILES string of the molecule is Cn1nccc1CNCCCOCC1CCCO1. The predicted molar refractivity (Wildman–Crippen MR) is 69.3 cm³/mol. The maximum Gasteiger partial charge on any atom is 0.0809 e. The van der Waals surface area contributed by atoms with E-state index in [9.17, 15) is 0 Å². The van der Waals surface area contributed by atoms with Crippen LogP contribution in [0.3, 0.4) is 0 Å². The van der Waals surface area contributed by atoms with E-state index in [4.69, 9.17) is 9.47 Å². The van der Waals surface area contributed by atoms with Gasteiger partial charge in [0.05, 0.1) is 18.4 Å². The van der Waals surface area contributed by atoms with E-state index in [0.717, 1.165) is 45.8 Å². The van der Waals surface area contributed by atoms with Crippen LogP contribution in [-0.4, -0.2) is 42.2 Å². The second-order valence-electron chi connectivity index (χ2n) is 4.69. The van der Waals surface area contributed by atoms with E-state index in [0.29, 0.717) is 6.10 Å². The van der Waals surface area contributed by atoms with Crippen LogP contribution in [-0.2, 0) is 23.1 Å². The monoisotopic (exact) mass is 253 g/mol. The van der Waals surface area contributed by atoms with Crippen molar-refractivity contribution in [3.05, 3.63) is 18.0 Å². The van der Waals surface area contributed by atoms with Gasteiger partial charge in [0.15, 0.2) is 0 Å². The first-order valence-corrected chi connectivity index (χ1v) is 6.73. The molecule has 2 heterocycles. The Balaban J connectivity index is 1.43. The topological polar surface area (TPSA) is 48.3 Å². The zero-order valence-electron chi connectivity index (χ0n) is 11.1. The highest BCUT2D eigenvalue weighted by Crippen LogP contribution is 2.11. The maximum atomic E-state index is 5.60. The van der Waals surface area contributed by atoms with Crippen molar-refractivity contribution in [3.8, 4) is 0 Å². The third-order valence-electron chi connectivity index (χ3n) is 3.20. The van der Waals surface area contributed by atoms with Crippen molar-refractivity contribution in [2.75, 3.05) is 26.4 Å². The molecular formula is C13H23N3O2. The number of ether oxygens (including phenoxy) is 2. The fourth-order valence-corrected chi connectivity index (χ4v) is 2.08. The Kier molecular flexibility index (Phi) is 5.64. The molecule has 18 heavy (non-hydrogen) atoms. The second kappa shape index (κ2) is 7.51. The summed E-state index contributed by atoms with van der Waals surface area (Å²) < 4.78 is 13.0. The first-order chi connectivity index (χ1) is 8.86. The van der Waals surface area contributed by atoms with E-state index in [1.807, 2.05) is 24.0 Å². The molecule has 0 radical (unpaired) electrons. The van der Waals surface area contributed by atoms with Crippen LogP contribution in [0.5, 0.6) is 0 Å². The molecule has 1 atom stereocenters. The fraction of sp³-hybridized carbons (Fsp3) is 0.769. The lowest BCUT2D eigenvalue weighted by atomic mass is 10.2. The lowest BCUT2D eigenvalue weighted by molar-refractivity contribution is 0.0166. The van der Waals surface area contributed by atoms with Gasteiger partial charge in [-0.2, -0.15) is 5.10 Å². The van der Waals surface area contributed by atoms with Crippen LogP contribution in [0.25, 0.3) is 0 Å². The summed E-state index contributed by atoms with van der Waals surface area (Å²) in [5.41, 5.74) is 1.20. The molecule has 5 nitrogen and oxygen atoms in total.